The van der Waals surface area contributed by atoms with Gasteiger partial charge in [-0.15, -0.1) is 0 Å². The maximum absolute atomic E-state index is 12.5. The Labute approximate surface area is 120 Å². The number of hydrogen-bond acceptors (Lipinski definition) is 3. The lowest BCUT2D eigenvalue weighted by Crippen LogP contribution is -2.12. The number of aromatic nitrogens is 1. The number of halogens is 3. The van der Waals surface area contributed by atoms with E-state index in [1.807, 2.05) is 13.0 Å². The Morgan fingerprint density at radius 2 is 1.86 bits per heavy atom. The summed E-state index contributed by atoms with van der Waals surface area (Å²) in [6, 6.07) is 6.40. The highest BCUT2D eigenvalue weighted by Crippen LogP contribution is 2.31. The van der Waals surface area contributed by atoms with Crippen molar-refractivity contribution in [2.24, 2.45) is 0 Å². The topological polar surface area (TPSA) is 34.2 Å². The van der Waals surface area contributed by atoms with Crippen molar-refractivity contribution in [3.05, 3.63) is 53.9 Å². The van der Waals surface area contributed by atoms with E-state index in [0.29, 0.717) is 18.0 Å². The lowest BCUT2D eigenvalue weighted by atomic mass is 10.2. The molecule has 0 spiro atoms. The van der Waals surface area contributed by atoms with E-state index in [9.17, 15) is 13.2 Å². The van der Waals surface area contributed by atoms with Gasteiger partial charge < -0.3 is 10.1 Å². The summed E-state index contributed by atoms with van der Waals surface area (Å²) in [5.41, 5.74) is 0.195. The molecule has 0 bridgehead atoms. The van der Waals surface area contributed by atoms with Crippen molar-refractivity contribution in [2.75, 3.05) is 6.54 Å². The molecule has 0 aliphatic rings. The molecule has 1 N–H and O–H groups in total. The maximum atomic E-state index is 12.5. The van der Waals surface area contributed by atoms with Crippen LogP contribution in [0.5, 0.6) is 11.5 Å². The van der Waals surface area contributed by atoms with E-state index in [0.717, 1.165) is 24.2 Å². The predicted octanol–water partition coefficient (Wildman–Crippen LogP) is 4.00. The van der Waals surface area contributed by atoms with Crippen molar-refractivity contribution in [3.63, 3.8) is 0 Å². The predicted molar refractivity (Wildman–Crippen MR) is 73.1 cm³/mol. The molecule has 0 unspecified atom stereocenters. The molecule has 112 valence electrons. The molecule has 0 aliphatic carbocycles. The first-order valence-corrected chi connectivity index (χ1v) is 6.49. The minimum absolute atomic E-state index is 0.341. The number of rotatable bonds is 5. The highest BCUT2D eigenvalue weighted by Gasteiger charge is 2.30. The molecule has 1 aromatic carbocycles. The van der Waals surface area contributed by atoms with Crippen LogP contribution < -0.4 is 10.1 Å². The molecule has 1 aromatic heterocycles. The van der Waals surface area contributed by atoms with Crippen molar-refractivity contribution >= 4 is 0 Å². The molecule has 1 heterocycles. The summed E-state index contributed by atoms with van der Waals surface area (Å²) in [5, 5.41) is 3.16. The summed E-state index contributed by atoms with van der Waals surface area (Å²) in [6.45, 7) is 3.40. The lowest BCUT2D eigenvalue weighted by molar-refractivity contribution is -0.137. The molecule has 21 heavy (non-hydrogen) atoms. The minimum atomic E-state index is -4.34. The molecule has 3 nitrogen and oxygen atoms in total. The highest BCUT2D eigenvalue weighted by atomic mass is 19.4. The third-order valence-corrected chi connectivity index (χ3v) is 2.84. The third kappa shape index (κ3) is 4.19. The van der Waals surface area contributed by atoms with Gasteiger partial charge in [0.25, 0.3) is 0 Å². The van der Waals surface area contributed by atoms with Gasteiger partial charge in [-0.2, -0.15) is 13.2 Å². The molecule has 0 atom stereocenters. The first-order valence-electron chi connectivity index (χ1n) is 6.49. The van der Waals surface area contributed by atoms with E-state index in [1.54, 1.807) is 12.4 Å². The van der Waals surface area contributed by atoms with Gasteiger partial charge in [-0.3, -0.25) is 4.98 Å². The van der Waals surface area contributed by atoms with Crippen LogP contribution in [0.2, 0.25) is 0 Å². The van der Waals surface area contributed by atoms with Crippen LogP contribution in [0.1, 0.15) is 18.1 Å². The summed E-state index contributed by atoms with van der Waals surface area (Å²) >= 11 is 0. The number of nitrogens with one attached hydrogen (secondary N) is 1. The average Bonchev–Trinajstić information content (AvgIpc) is 2.46. The van der Waals surface area contributed by atoms with Crippen LogP contribution in [0.15, 0.2) is 42.7 Å². The fourth-order valence-electron chi connectivity index (χ4n) is 1.75. The van der Waals surface area contributed by atoms with Gasteiger partial charge in [0.05, 0.1) is 11.8 Å². The quantitative estimate of drug-likeness (QED) is 0.905. The van der Waals surface area contributed by atoms with Gasteiger partial charge in [0.15, 0.2) is 0 Å². The molecule has 0 aliphatic heterocycles. The van der Waals surface area contributed by atoms with Crippen molar-refractivity contribution < 1.29 is 17.9 Å². The van der Waals surface area contributed by atoms with Crippen LogP contribution in [0.4, 0.5) is 13.2 Å². The fourth-order valence-corrected chi connectivity index (χ4v) is 1.75. The molecule has 0 saturated carbocycles. The van der Waals surface area contributed by atoms with E-state index in [-0.39, 0.29) is 0 Å². The Morgan fingerprint density at radius 3 is 2.48 bits per heavy atom. The number of alkyl halides is 3. The first kappa shape index (κ1) is 15.3. The molecular formula is C15H15F3N2O. The normalized spacial score (nSPS) is 11.4. The van der Waals surface area contributed by atoms with Crippen LogP contribution >= 0.6 is 0 Å². The Kier molecular flexibility index (Phi) is 4.80. The zero-order valence-electron chi connectivity index (χ0n) is 11.4. The summed E-state index contributed by atoms with van der Waals surface area (Å²) in [6.07, 6.45) is -1.15. The van der Waals surface area contributed by atoms with Crippen molar-refractivity contribution in [3.8, 4) is 11.5 Å². The zero-order chi connectivity index (χ0) is 15.3. The summed E-state index contributed by atoms with van der Waals surface area (Å²) < 4.78 is 43.1. The van der Waals surface area contributed by atoms with Crippen LogP contribution in [0.3, 0.4) is 0 Å². The van der Waals surface area contributed by atoms with E-state index >= 15 is 0 Å². The number of hydrogen-bond donors (Lipinski definition) is 1. The Bertz CT molecular complexity index is 582. The van der Waals surface area contributed by atoms with Gasteiger partial charge in [0, 0.05) is 18.3 Å². The van der Waals surface area contributed by atoms with E-state index < -0.39 is 11.7 Å². The number of pyridine rings is 1. The number of ether oxygens (including phenoxy) is 1. The minimum Gasteiger partial charge on any atom is -0.455 e. The van der Waals surface area contributed by atoms with Crippen LogP contribution in [-0.4, -0.2) is 11.5 Å². The van der Waals surface area contributed by atoms with Gasteiger partial charge in [0.2, 0.25) is 0 Å². The number of benzene rings is 1. The Balaban J connectivity index is 2.15. The molecule has 0 saturated heterocycles. The van der Waals surface area contributed by atoms with E-state index in [1.165, 1.54) is 12.1 Å². The summed E-state index contributed by atoms with van der Waals surface area (Å²) in [7, 11) is 0. The molecule has 6 heteroatoms. The van der Waals surface area contributed by atoms with E-state index in [2.05, 4.69) is 10.3 Å². The second-order valence-electron chi connectivity index (χ2n) is 4.39. The average molecular weight is 296 g/mol. The molecule has 2 aromatic rings. The Hall–Kier alpha value is -2.08. The van der Waals surface area contributed by atoms with Crippen LogP contribution in [0, 0.1) is 0 Å². The SMILES string of the molecule is CCNCc1ccncc1Oc1ccc(C(F)(F)F)cc1. The summed E-state index contributed by atoms with van der Waals surface area (Å²) in [4.78, 5) is 3.97. The lowest BCUT2D eigenvalue weighted by Gasteiger charge is -2.12. The monoisotopic (exact) mass is 296 g/mol. The van der Waals surface area contributed by atoms with Crippen molar-refractivity contribution in [2.45, 2.75) is 19.6 Å². The maximum Gasteiger partial charge on any atom is 0.416 e. The first-order chi connectivity index (χ1) is 10.0. The molecule has 0 radical (unpaired) electrons. The fraction of sp³-hybridized carbons (Fsp3) is 0.267. The van der Waals surface area contributed by atoms with Crippen LogP contribution in [0.25, 0.3) is 0 Å². The summed E-state index contributed by atoms with van der Waals surface area (Å²) in [5.74, 6) is 0.868. The standard InChI is InChI=1S/C15H15F3N2O/c1-2-19-9-11-7-8-20-10-14(11)21-13-5-3-12(4-6-13)15(16,17)18/h3-8,10,19H,2,9H2,1H3. The second-order valence-corrected chi connectivity index (χ2v) is 4.39. The zero-order valence-corrected chi connectivity index (χ0v) is 11.4. The second kappa shape index (κ2) is 6.58. The molecular weight excluding hydrogens is 281 g/mol. The highest BCUT2D eigenvalue weighted by molar-refractivity contribution is 5.37. The smallest absolute Gasteiger partial charge is 0.416 e. The van der Waals surface area contributed by atoms with Crippen LogP contribution in [-0.2, 0) is 12.7 Å². The van der Waals surface area contributed by atoms with Gasteiger partial charge in [0.1, 0.15) is 11.5 Å². The largest absolute Gasteiger partial charge is 0.455 e. The molecule has 2 rings (SSSR count). The van der Waals surface area contributed by atoms with E-state index in [4.69, 9.17) is 4.74 Å². The van der Waals surface area contributed by atoms with Gasteiger partial charge in [-0.05, 0) is 36.9 Å². The molecule has 0 amide bonds. The van der Waals surface area contributed by atoms with Gasteiger partial charge in [-0.1, -0.05) is 6.92 Å². The van der Waals surface area contributed by atoms with Crippen molar-refractivity contribution in [1.82, 2.24) is 10.3 Å². The van der Waals surface area contributed by atoms with Gasteiger partial charge >= 0.3 is 6.18 Å². The van der Waals surface area contributed by atoms with Gasteiger partial charge in [-0.25, -0.2) is 0 Å². The number of nitrogens with zero attached hydrogens (tertiary/aromatic N) is 1. The van der Waals surface area contributed by atoms with Crippen molar-refractivity contribution in [1.29, 1.82) is 0 Å². The molecule has 0 fully saturated rings. The Morgan fingerprint density at radius 1 is 1.14 bits per heavy atom. The third-order valence-electron chi connectivity index (χ3n) is 2.84.